The molecule has 1 saturated carbocycles. The van der Waals surface area contributed by atoms with Crippen LogP contribution in [0.5, 0.6) is 0 Å². The number of hydrogen-bond acceptors (Lipinski definition) is 3. The van der Waals surface area contributed by atoms with Crippen molar-refractivity contribution in [2.45, 2.75) is 44.6 Å². The molecule has 8 heteroatoms. The van der Waals surface area contributed by atoms with E-state index in [0.29, 0.717) is 26.9 Å². The van der Waals surface area contributed by atoms with Gasteiger partial charge in [0.1, 0.15) is 10.0 Å². The van der Waals surface area contributed by atoms with Crippen molar-refractivity contribution in [3.8, 4) is 0 Å². The molecule has 2 aliphatic carbocycles. The van der Waals surface area contributed by atoms with Crippen LogP contribution in [-0.4, -0.2) is 28.5 Å². The van der Waals surface area contributed by atoms with Gasteiger partial charge >= 0.3 is 0 Å². The van der Waals surface area contributed by atoms with Crippen molar-refractivity contribution in [1.82, 2.24) is 10.3 Å². The SMILES string of the molecule is CC(CC1CC1)[C@@H]1c2ccccc2CC1NC(=O)c1cc2sc(Cl)c(Cl)c2[nH]1.O=CO. The van der Waals surface area contributed by atoms with Crippen molar-refractivity contribution < 1.29 is 14.7 Å². The molecular formula is C23H24Cl2N2O3S. The normalized spacial score (nSPS) is 20.6. The topological polar surface area (TPSA) is 82.2 Å². The van der Waals surface area contributed by atoms with E-state index in [0.717, 1.165) is 22.6 Å². The zero-order valence-corrected chi connectivity index (χ0v) is 19.4. The molecule has 0 saturated heterocycles. The largest absolute Gasteiger partial charge is 0.483 e. The number of carbonyl (C=O) groups is 2. The third-order valence-electron chi connectivity index (χ3n) is 6.24. The number of thiophene rings is 1. The second kappa shape index (κ2) is 9.23. The molecule has 1 fully saturated rings. The van der Waals surface area contributed by atoms with Crippen LogP contribution in [0.25, 0.3) is 10.2 Å². The highest BCUT2D eigenvalue weighted by molar-refractivity contribution is 7.23. The van der Waals surface area contributed by atoms with Gasteiger partial charge in [-0.05, 0) is 41.9 Å². The van der Waals surface area contributed by atoms with E-state index in [4.69, 9.17) is 33.1 Å². The fourth-order valence-electron chi connectivity index (χ4n) is 4.78. The lowest BCUT2D eigenvalue weighted by atomic mass is 9.82. The lowest BCUT2D eigenvalue weighted by Gasteiger charge is -2.27. The van der Waals surface area contributed by atoms with E-state index in [2.05, 4.69) is 41.5 Å². The minimum atomic E-state index is -0.250. The lowest BCUT2D eigenvalue weighted by molar-refractivity contribution is -0.122. The van der Waals surface area contributed by atoms with Crippen molar-refractivity contribution in [1.29, 1.82) is 0 Å². The first kappa shape index (κ1) is 22.2. The summed E-state index contributed by atoms with van der Waals surface area (Å²) in [5.41, 5.74) is 4.06. The van der Waals surface area contributed by atoms with Gasteiger partial charge in [0, 0.05) is 12.0 Å². The summed E-state index contributed by atoms with van der Waals surface area (Å²) in [5, 5.41) is 10.7. The Morgan fingerprint density at radius 1 is 1.35 bits per heavy atom. The minimum absolute atomic E-state index is 0.0722. The van der Waals surface area contributed by atoms with Crippen molar-refractivity contribution in [2.75, 3.05) is 0 Å². The molecule has 0 radical (unpaired) electrons. The van der Waals surface area contributed by atoms with E-state index >= 15 is 0 Å². The summed E-state index contributed by atoms with van der Waals surface area (Å²) < 4.78 is 1.46. The van der Waals surface area contributed by atoms with Gasteiger partial charge in [0.05, 0.1) is 15.2 Å². The van der Waals surface area contributed by atoms with E-state index in [-0.39, 0.29) is 18.4 Å². The number of H-pyrrole nitrogens is 1. The molecule has 31 heavy (non-hydrogen) atoms. The maximum Gasteiger partial charge on any atom is 0.290 e. The summed E-state index contributed by atoms with van der Waals surface area (Å²) in [4.78, 5) is 24.5. The number of rotatable bonds is 5. The monoisotopic (exact) mass is 478 g/mol. The average Bonchev–Trinajstić information content (AvgIpc) is 3.23. The molecule has 3 aromatic rings. The molecular weight excluding hydrogens is 455 g/mol. The molecule has 5 nitrogen and oxygen atoms in total. The Morgan fingerprint density at radius 3 is 2.74 bits per heavy atom. The Hall–Kier alpha value is -2.02. The van der Waals surface area contributed by atoms with Crippen molar-refractivity contribution in [2.24, 2.45) is 11.8 Å². The number of aromatic nitrogens is 1. The first-order valence-corrected chi connectivity index (χ1v) is 11.9. The summed E-state index contributed by atoms with van der Waals surface area (Å²) in [5.74, 6) is 1.73. The predicted octanol–water partition coefficient (Wildman–Crippen LogP) is 6.11. The van der Waals surface area contributed by atoms with Gasteiger partial charge in [-0.15, -0.1) is 11.3 Å². The average molecular weight is 479 g/mol. The Balaban J connectivity index is 0.000000730. The molecule has 3 atom stereocenters. The number of carbonyl (C=O) groups excluding carboxylic acids is 1. The maximum absolute atomic E-state index is 13.0. The van der Waals surface area contributed by atoms with Gasteiger partial charge in [-0.2, -0.15) is 0 Å². The molecule has 0 aliphatic heterocycles. The number of amides is 1. The highest BCUT2D eigenvalue weighted by Crippen LogP contribution is 2.45. The fourth-order valence-corrected chi connectivity index (χ4v) is 6.26. The molecule has 2 aromatic heterocycles. The molecule has 2 unspecified atom stereocenters. The summed E-state index contributed by atoms with van der Waals surface area (Å²) in [7, 11) is 0. The summed E-state index contributed by atoms with van der Waals surface area (Å²) in [6, 6.07) is 10.6. The quantitative estimate of drug-likeness (QED) is 0.386. The van der Waals surface area contributed by atoms with Crippen LogP contribution in [0.3, 0.4) is 0 Å². The van der Waals surface area contributed by atoms with Crippen LogP contribution in [0.15, 0.2) is 30.3 Å². The summed E-state index contributed by atoms with van der Waals surface area (Å²) in [6.07, 6.45) is 4.86. The highest BCUT2D eigenvalue weighted by atomic mass is 35.5. The number of halogens is 2. The standard InChI is InChI=1S/C22H22Cl2N2OS.CH2O2/c1-11(8-12-6-7-12)18-14-5-3-2-4-13(14)9-15(18)26-22(27)16-10-17-20(25-16)19(23)21(24)28-17;2-1-3/h2-5,10-12,15,18,25H,6-9H2,1H3,(H,26,27);1H,(H,2,3)/t11?,15?,18-;/m1./s1. The lowest BCUT2D eigenvalue weighted by Crippen LogP contribution is -2.40. The first-order chi connectivity index (χ1) is 14.9. The van der Waals surface area contributed by atoms with Crippen molar-refractivity contribution >= 4 is 57.1 Å². The van der Waals surface area contributed by atoms with Gasteiger partial charge in [0.15, 0.2) is 0 Å². The third-order valence-corrected chi connectivity index (χ3v) is 8.17. The Labute approximate surface area is 194 Å². The van der Waals surface area contributed by atoms with Crippen LogP contribution in [0.1, 0.15) is 53.7 Å². The minimum Gasteiger partial charge on any atom is -0.483 e. The summed E-state index contributed by atoms with van der Waals surface area (Å²) in [6.45, 7) is 2.09. The van der Waals surface area contributed by atoms with Gasteiger partial charge in [-0.25, -0.2) is 0 Å². The number of aromatic amines is 1. The molecule has 1 aromatic carbocycles. The van der Waals surface area contributed by atoms with Gasteiger partial charge < -0.3 is 15.4 Å². The highest BCUT2D eigenvalue weighted by Gasteiger charge is 2.39. The van der Waals surface area contributed by atoms with Crippen LogP contribution in [0.2, 0.25) is 9.36 Å². The second-order valence-corrected chi connectivity index (χ2v) is 10.4. The van der Waals surface area contributed by atoms with Crippen molar-refractivity contribution in [3.63, 3.8) is 0 Å². The molecule has 3 N–H and O–H groups in total. The number of benzene rings is 1. The van der Waals surface area contributed by atoms with E-state index in [9.17, 15) is 4.79 Å². The molecule has 5 rings (SSSR count). The molecule has 1 amide bonds. The van der Waals surface area contributed by atoms with Gasteiger partial charge in [0.25, 0.3) is 12.4 Å². The smallest absolute Gasteiger partial charge is 0.290 e. The zero-order valence-electron chi connectivity index (χ0n) is 17.0. The first-order valence-electron chi connectivity index (χ1n) is 10.4. The third kappa shape index (κ3) is 4.61. The van der Waals surface area contributed by atoms with Gasteiger partial charge in [0.2, 0.25) is 0 Å². The Bertz CT molecular complexity index is 1110. The molecule has 2 aliphatic rings. The number of hydrogen-bond donors (Lipinski definition) is 3. The van der Waals surface area contributed by atoms with Crippen molar-refractivity contribution in [3.05, 3.63) is 56.5 Å². The number of carboxylic acid groups (broad SMARTS) is 1. The molecule has 164 valence electrons. The molecule has 2 heterocycles. The van der Waals surface area contributed by atoms with Gasteiger partial charge in [-0.3, -0.25) is 9.59 Å². The summed E-state index contributed by atoms with van der Waals surface area (Å²) >= 11 is 13.7. The Kier molecular flexibility index (Phi) is 6.60. The second-order valence-electron chi connectivity index (χ2n) is 8.38. The van der Waals surface area contributed by atoms with E-state index in [1.807, 2.05) is 6.07 Å². The van der Waals surface area contributed by atoms with Crippen LogP contribution in [-0.2, 0) is 11.2 Å². The fraction of sp³-hybridized carbons (Fsp3) is 0.391. The molecule has 0 spiro atoms. The number of nitrogens with one attached hydrogen (secondary N) is 2. The van der Waals surface area contributed by atoms with Crippen LogP contribution >= 0.6 is 34.5 Å². The van der Waals surface area contributed by atoms with E-state index in [1.54, 1.807) is 0 Å². The maximum atomic E-state index is 13.0. The van der Waals surface area contributed by atoms with Crippen LogP contribution in [0, 0.1) is 11.8 Å². The number of fused-ring (bicyclic) bond motifs is 2. The van der Waals surface area contributed by atoms with E-state index < -0.39 is 0 Å². The van der Waals surface area contributed by atoms with Crippen LogP contribution in [0.4, 0.5) is 0 Å². The Morgan fingerprint density at radius 2 is 2.06 bits per heavy atom. The van der Waals surface area contributed by atoms with E-state index in [1.165, 1.54) is 41.7 Å². The molecule has 0 bridgehead atoms. The predicted molar refractivity (Wildman–Crippen MR) is 126 cm³/mol. The van der Waals surface area contributed by atoms with Gasteiger partial charge in [-0.1, -0.05) is 67.2 Å². The van der Waals surface area contributed by atoms with Crippen LogP contribution < -0.4 is 5.32 Å². The zero-order chi connectivity index (χ0) is 22.1.